The van der Waals surface area contributed by atoms with Gasteiger partial charge in [-0.25, -0.2) is 9.07 Å². The number of amides is 1. The van der Waals surface area contributed by atoms with Crippen molar-refractivity contribution >= 4 is 5.91 Å². The van der Waals surface area contributed by atoms with Gasteiger partial charge in [0.1, 0.15) is 5.82 Å². The van der Waals surface area contributed by atoms with Gasteiger partial charge in [-0.15, -0.1) is 0 Å². The highest BCUT2D eigenvalue weighted by Gasteiger charge is 2.32. The average Bonchev–Trinajstić information content (AvgIpc) is 2.96. The predicted molar refractivity (Wildman–Crippen MR) is 106 cm³/mol. The Hall–Kier alpha value is -2.25. The number of aromatic nitrogens is 2. The van der Waals surface area contributed by atoms with Crippen molar-refractivity contribution in [2.75, 3.05) is 33.4 Å². The fourth-order valence-electron chi connectivity index (χ4n) is 3.91. The van der Waals surface area contributed by atoms with Crippen molar-refractivity contribution in [3.05, 3.63) is 47.0 Å². The van der Waals surface area contributed by atoms with Gasteiger partial charge in [0.2, 0.25) is 5.91 Å². The Kier molecular flexibility index (Phi) is 6.46. The molecule has 0 unspecified atom stereocenters. The summed E-state index contributed by atoms with van der Waals surface area (Å²) in [6.45, 7) is 6.99. The number of nitrogens with zero attached hydrogens (tertiary/aromatic N) is 2. The quantitative estimate of drug-likeness (QED) is 0.764. The molecule has 0 bridgehead atoms. The maximum atomic E-state index is 13.2. The van der Waals surface area contributed by atoms with E-state index in [1.54, 1.807) is 23.9 Å². The third-order valence-corrected chi connectivity index (χ3v) is 5.62. The van der Waals surface area contributed by atoms with Crippen molar-refractivity contribution in [2.24, 2.45) is 5.41 Å². The number of carbonyl (C=O) groups is 1. The topological polar surface area (TPSA) is 68.2 Å². The number of rotatable bonds is 7. The number of hydrogen-bond donors (Lipinski definition) is 2. The van der Waals surface area contributed by atoms with E-state index in [1.807, 2.05) is 13.8 Å². The molecule has 0 spiro atoms. The summed E-state index contributed by atoms with van der Waals surface area (Å²) < 4.78 is 20.4. The number of hydrogen-bond acceptors (Lipinski definition) is 4. The highest BCUT2D eigenvalue weighted by atomic mass is 19.1. The molecule has 7 heteroatoms. The lowest BCUT2D eigenvalue weighted by atomic mass is 9.79. The Morgan fingerprint density at radius 3 is 2.61 bits per heavy atom. The molecule has 1 aliphatic rings. The van der Waals surface area contributed by atoms with Crippen LogP contribution < -0.4 is 10.6 Å². The molecule has 3 rings (SSSR count). The van der Waals surface area contributed by atoms with E-state index < -0.39 is 0 Å². The SMILES string of the molecule is COCC1(CNC(=O)Cc2c(C)nn(-c3ccc(F)cc3)c2C)CCNCC1. The smallest absolute Gasteiger partial charge is 0.224 e. The van der Waals surface area contributed by atoms with Crippen LogP contribution in [-0.2, 0) is 16.0 Å². The molecule has 1 aromatic carbocycles. The second-order valence-corrected chi connectivity index (χ2v) is 7.67. The molecule has 1 saturated heterocycles. The van der Waals surface area contributed by atoms with Gasteiger partial charge in [0.15, 0.2) is 0 Å². The van der Waals surface area contributed by atoms with E-state index in [9.17, 15) is 9.18 Å². The Morgan fingerprint density at radius 2 is 1.96 bits per heavy atom. The van der Waals surface area contributed by atoms with Crippen LogP contribution in [0, 0.1) is 25.1 Å². The van der Waals surface area contributed by atoms with E-state index in [0.717, 1.165) is 48.6 Å². The first-order valence-corrected chi connectivity index (χ1v) is 9.71. The largest absolute Gasteiger partial charge is 0.384 e. The summed E-state index contributed by atoms with van der Waals surface area (Å²) in [4.78, 5) is 12.6. The molecule has 0 aliphatic carbocycles. The van der Waals surface area contributed by atoms with E-state index in [2.05, 4.69) is 15.7 Å². The molecule has 28 heavy (non-hydrogen) atoms. The van der Waals surface area contributed by atoms with Gasteiger partial charge in [0.05, 0.1) is 24.4 Å². The van der Waals surface area contributed by atoms with Gasteiger partial charge in [-0.05, 0) is 64.0 Å². The molecule has 2 N–H and O–H groups in total. The molecule has 0 atom stereocenters. The van der Waals surface area contributed by atoms with Crippen LogP contribution in [0.15, 0.2) is 24.3 Å². The Balaban J connectivity index is 1.68. The highest BCUT2D eigenvalue weighted by Crippen LogP contribution is 2.28. The van der Waals surface area contributed by atoms with Gasteiger partial charge >= 0.3 is 0 Å². The molecule has 0 radical (unpaired) electrons. The molecule has 2 heterocycles. The second-order valence-electron chi connectivity index (χ2n) is 7.67. The third-order valence-electron chi connectivity index (χ3n) is 5.62. The lowest BCUT2D eigenvalue weighted by Crippen LogP contribution is -2.47. The number of benzene rings is 1. The summed E-state index contributed by atoms with van der Waals surface area (Å²) in [6.07, 6.45) is 2.25. The van der Waals surface area contributed by atoms with Crippen molar-refractivity contribution < 1.29 is 13.9 Å². The maximum absolute atomic E-state index is 13.2. The molecule has 1 amide bonds. The van der Waals surface area contributed by atoms with Crippen LogP contribution >= 0.6 is 0 Å². The van der Waals surface area contributed by atoms with E-state index >= 15 is 0 Å². The molecule has 2 aromatic rings. The summed E-state index contributed by atoms with van der Waals surface area (Å²) in [7, 11) is 1.71. The monoisotopic (exact) mass is 388 g/mol. The van der Waals surface area contributed by atoms with Crippen molar-refractivity contribution in [3.63, 3.8) is 0 Å². The Labute approximate surface area is 165 Å². The lowest BCUT2D eigenvalue weighted by Gasteiger charge is -2.37. The number of aryl methyl sites for hydroxylation is 1. The van der Waals surface area contributed by atoms with E-state index in [1.165, 1.54) is 12.1 Å². The molecule has 152 valence electrons. The van der Waals surface area contributed by atoms with Crippen LogP contribution in [0.5, 0.6) is 0 Å². The number of methoxy groups -OCH3 is 1. The summed E-state index contributed by atoms with van der Waals surface area (Å²) in [5.41, 5.74) is 3.39. The number of nitrogens with one attached hydrogen (secondary N) is 2. The molecule has 1 aromatic heterocycles. The van der Waals surface area contributed by atoms with Crippen LogP contribution in [0.4, 0.5) is 4.39 Å². The normalized spacial score (nSPS) is 16.1. The summed E-state index contributed by atoms with van der Waals surface area (Å²) in [6, 6.07) is 6.19. The van der Waals surface area contributed by atoms with Crippen LogP contribution in [0.3, 0.4) is 0 Å². The maximum Gasteiger partial charge on any atom is 0.224 e. The van der Waals surface area contributed by atoms with Gasteiger partial charge < -0.3 is 15.4 Å². The second kappa shape index (κ2) is 8.84. The summed E-state index contributed by atoms with van der Waals surface area (Å²) in [5.74, 6) is -0.299. The molecule has 6 nitrogen and oxygen atoms in total. The molecule has 1 fully saturated rings. The van der Waals surface area contributed by atoms with Gasteiger partial charge in [-0.3, -0.25) is 4.79 Å². The van der Waals surface area contributed by atoms with E-state index in [0.29, 0.717) is 13.2 Å². The van der Waals surface area contributed by atoms with Gasteiger partial charge in [-0.2, -0.15) is 5.10 Å². The zero-order valence-electron chi connectivity index (χ0n) is 16.8. The van der Waals surface area contributed by atoms with Crippen LogP contribution in [-0.4, -0.2) is 49.0 Å². The zero-order valence-corrected chi connectivity index (χ0v) is 16.8. The van der Waals surface area contributed by atoms with Crippen LogP contribution in [0.1, 0.15) is 29.8 Å². The first-order chi connectivity index (χ1) is 13.4. The van der Waals surface area contributed by atoms with E-state index in [4.69, 9.17) is 4.74 Å². The first-order valence-electron chi connectivity index (χ1n) is 9.71. The van der Waals surface area contributed by atoms with Crippen molar-refractivity contribution in [1.29, 1.82) is 0 Å². The zero-order chi connectivity index (χ0) is 20.1. The molecular weight excluding hydrogens is 359 g/mol. The van der Waals surface area contributed by atoms with Crippen LogP contribution in [0.25, 0.3) is 5.69 Å². The lowest BCUT2D eigenvalue weighted by molar-refractivity contribution is -0.121. The Bertz CT molecular complexity index is 805. The number of piperidine rings is 1. The Morgan fingerprint density at radius 1 is 1.29 bits per heavy atom. The fourth-order valence-corrected chi connectivity index (χ4v) is 3.91. The number of halogens is 1. The van der Waals surface area contributed by atoms with Crippen LogP contribution in [0.2, 0.25) is 0 Å². The van der Waals surface area contributed by atoms with Crippen molar-refractivity contribution in [2.45, 2.75) is 33.1 Å². The summed E-state index contributed by atoms with van der Waals surface area (Å²) >= 11 is 0. The van der Waals surface area contributed by atoms with Crippen molar-refractivity contribution in [1.82, 2.24) is 20.4 Å². The van der Waals surface area contributed by atoms with Gasteiger partial charge in [0.25, 0.3) is 0 Å². The number of carbonyl (C=O) groups excluding carboxylic acids is 1. The minimum atomic E-state index is -0.284. The molecule has 1 aliphatic heterocycles. The standard InChI is InChI=1S/C21H29FN4O2/c1-15-19(16(2)26(25-15)18-6-4-17(22)5-7-18)12-20(27)24-13-21(14-28-3)8-10-23-11-9-21/h4-7,23H,8-14H2,1-3H3,(H,24,27). The minimum absolute atomic E-state index is 0.00194. The molecule has 0 saturated carbocycles. The first kappa shape index (κ1) is 20.5. The molecular formula is C21H29FN4O2. The van der Waals surface area contributed by atoms with Crippen molar-refractivity contribution in [3.8, 4) is 5.69 Å². The van der Waals surface area contributed by atoms with Gasteiger partial charge in [-0.1, -0.05) is 0 Å². The van der Waals surface area contributed by atoms with E-state index in [-0.39, 0.29) is 23.6 Å². The minimum Gasteiger partial charge on any atom is -0.384 e. The number of ether oxygens (including phenoxy) is 1. The third kappa shape index (κ3) is 4.59. The average molecular weight is 388 g/mol. The highest BCUT2D eigenvalue weighted by molar-refractivity contribution is 5.79. The predicted octanol–water partition coefficient (Wildman–Crippen LogP) is 2.30. The fraction of sp³-hybridized carbons (Fsp3) is 0.524. The summed E-state index contributed by atoms with van der Waals surface area (Å²) in [5, 5.41) is 11.0. The van der Waals surface area contributed by atoms with Gasteiger partial charge in [0, 0.05) is 30.3 Å².